The van der Waals surface area contributed by atoms with E-state index in [1.165, 1.54) is 30.3 Å². The summed E-state index contributed by atoms with van der Waals surface area (Å²) in [5.41, 5.74) is 5.43. The van der Waals surface area contributed by atoms with E-state index in [1.807, 2.05) is 23.2 Å². The lowest BCUT2D eigenvalue weighted by molar-refractivity contribution is 0.0429. The predicted molar refractivity (Wildman–Crippen MR) is 122 cm³/mol. The number of oxazole rings is 1. The molecule has 0 saturated carbocycles. The number of carbonyl (C=O) groups is 1. The second-order valence-corrected chi connectivity index (χ2v) is 8.33. The minimum Gasteiger partial charge on any atom is -0.438 e. The van der Waals surface area contributed by atoms with Crippen LogP contribution < -0.4 is 10.4 Å². The number of likely N-dealkylation sites (tertiary alicyclic amines) is 1. The third-order valence-corrected chi connectivity index (χ3v) is 6.17. The summed E-state index contributed by atoms with van der Waals surface area (Å²) in [5, 5.41) is 1.80. The van der Waals surface area contributed by atoms with Crippen LogP contribution in [-0.2, 0) is 6.54 Å². The average molecular weight is 448 g/mol. The molecule has 0 radical (unpaired) electrons. The number of halogens is 1. The molecule has 3 heterocycles. The molecule has 2 aromatic carbocycles. The molecule has 8 heteroatoms. The Balaban J connectivity index is 1.29. The van der Waals surface area contributed by atoms with Crippen LogP contribution in [0.15, 0.2) is 83.9 Å². The van der Waals surface area contributed by atoms with Crippen molar-refractivity contribution in [3.63, 3.8) is 0 Å². The third kappa shape index (κ3) is 4.81. The van der Waals surface area contributed by atoms with Crippen molar-refractivity contribution >= 4 is 11.6 Å². The number of aromatic nitrogens is 1. The molecule has 2 aliphatic heterocycles. The molecule has 1 amide bonds. The Bertz CT molecular complexity index is 1080. The van der Waals surface area contributed by atoms with E-state index in [-0.39, 0.29) is 29.7 Å². The Labute approximate surface area is 192 Å². The predicted octanol–water partition coefficient (Wildman–Crippen LogP) is 3.79. The van der Waals surface area contributed by atoms with Crippen LogP contribution in [0.3, 0.4) is 0 Å². The van der Waals surface area contributed by atoms with Gasteiger partial charge in [-0.3, -0.25) is 14.7 Å². The first kappa shape index (κ1) is 21.4. The highest BCUT2D eigenvalue weighted by Gasteiger charge is 2.36. The molecule has 0 bridgehead atoms. The molecule has 1 atom stereocenters. The van der Waals surface area contributed by atoms with Gasteiger partial charge in [0, 0.05) is 31.9 Å². The van der Waals surface area contributed by atoms with Crippen molar-refractivity contribution in [1.82, 2.24) is 20.2 Å². The highest BCUT2D eigenvalue weighted by molar-refractivity contribution is 5.91. The molecule has 1 aromatic heterocycles. The maximum Gasteiger partial charge on any atom is 0.293 e. The van der Waals surface area contributed by atoms with Gasteiger partial charge in [0.25, 0.3) is 5.91 Å². The van der Waals surface area contributed by atoms with Crippen LogP contribution in [0.5, 0.6) is 0 Å². The monoisotopic (exact) mass is 447 g/mol. The fourth-order valence-corrected chi connectivity index (χ4v) is 4.48. The normalized spacial score (nSPS) is 19.2. The van der Waals surface area contributed by atoms with Gasteiger partial charge in [-0.2, -0.15) is 0 Å². The molecule has 0 aliphatic carbocycles. The van der Waals surface area contributed by atoms with E-state index in [1.54, 1.807) is 17.1 Å². The lowest BCUT2D eigenvalue weighted by Crippen LogP contribution is -2.56. The molecule has 5 rings (SSSR count). The first-order valence-electron chi connectivity index (χ1n) is 11.1. The number of rotatable bonds is 6. The average Bonchev–Trinajstić information content (AvgIpc) is 3.55. The van der Waals surface area contributed by atoms with Crippen molar-refractivity contribution in [3.05, 3.63) is 96.6 Å². The number of anilines is 1. The van der Waals surface area contributed by atoms with Gasteiger partial charge in [-0.25, -0.2) is 14.8 Å². The fraction of sp³-hybridized carbons (Fsp3) is 0.280. The third-order valence-electron chi connectivity index (χ3n) is 6.17. The van der Waals surface area contributed by atoms with E-state index in [2.05, 4.69) is 39.6 Å². The van der Waals surface area contributed by atoms with Crippen LogP contribution in [-0.4, -0.2) is 46.0 Å². The zero-order chi connectivity index (χ0) is 22.6. The molecular formula is C25H26FN5O2. The maximum absolute atomic E-state index is 13.4. The Hall–Kier alpha value is -3.49. The summed E-state index contributed by atoms with van der Waals surface area (Å²) >= 11 is 0. The van der Waals surface area contributed by atoms with E-state index in [9.17, 15) is 9.18 Å². The summed E-state index contributed by atoms with van der Waals surface area (Å²) in [7, 11) is 0. The lowest BCUT2D eigenvalue weighted by atomic mass is 10.0. The van der Waals surface area contributed by atoms with Gasteiger partial charge >= 0.3 is 0 Å². The van der Waals surface area contributed by atoms with Crippen LogP contribution in [0.4, 0.5) is 10.1 Å². The topological polar surface area (TPSA) is 64.9 Å². The molecule has 1 N–H and O–H groups in total. The van der Waals surface area contributed by atoms with Gasteiger partial charge in [0.1, 0.15) is 12.0 Å². The zero-order valence-electron chi connectivity index (χ0n) is 18.2. The van der Waals surface area contributed by atoms with Crippen LogP contribution in [0.1, 0.15) is 29.0 Å². The lowest BCUT2D eigenvalue weighted by Gasteiger charge is -2.41. The number of amides is 1. The van der Waals surface area contributed by atoms with E-state index in [4.69, 9.17) is 4.42 Å². The second kappa shape index (κ2) is 9.56. The molecule has 1 fully saturated rings. The largest absolute Gasteiger partial charge is 0.438 e. The first-order chi connectivity index (χ1) is 16.2. The van der Waals surface area contributed by atoms with Crippen LogP contribution in [0.25, 0.3) is 0 Å². The Kier molecular flexibility index (Phi) is 6.19. The number of piperidine rings is 1. The number of benzene rings is 2. The molecule has 3 aromatic rings. The van der Waals surface area contributed by atoms with E-state index in [0.717, 1.165) is 38.2 Å². The summed E-state index contributed by atoms with van der Waals surface area (Å²) in [5.74, 6) is -0.267. The van der Waals surface area contributed by atoms with Crippen LogP contribution in [0, 0.1) is 5.82 Å². The first-order valence-corrected chi connectivity index (χ1v) is 11.1. The van der Waals surface area contributed by atoms with Gasteiger partial charge < -0.3 is 9.32 Å². The van der Waals surface area contributed by atoms with Gasteiger partial charge in [-0.05, 0) is 48.7 Å². The van der Waals surface area contributed by atoms with Crippen molar-refractivity contribution < 1.29 is 13.6 Å². The zero-order valence-corrected chi connectivity index (χ0v) is 18.2. The van der Waals surface area contributed by atoms with Crippen LogP contribution >= 0.6 is 0 Å². The minimum atomic E-state index is -0.349. The fourth-order valence-electron chi connectivity index (χ4n) is 4.48. The van der Waals surface area contributed by atoms with Gasteiger partial charge in [0.15, 0.2) is 6.39 Å². The molecule has 33 heavy (non-hydrogen) atoms. The molecule has 0 spiro atoms. The highest BCUT2D eigenvalue weighted by Crippen LogP contribution is 2.26. The van der Waals surface area contributed by atoms with E-state index in [0.29, 0.717) is 0 Å². The quantitative estimate of drug-likeness (QED) is 0.620. The molecule has 2 aliphatic rings. The summed E-state index contributed by atoms with van der Waals surface area (Å²) in [6.07, 6.45) is 7.90. The number of nitrogens with zero attached hydrogens (tertiary/aromatic N) is 4. The molecule has 170 valence electrons. The Morgan fingerprint density at radius 2 is 1.88 bits per heavy atom. The standard InChI is InChI=1S/C25H26FN5O2/c26-20-6-8-21(9-7-20)30-15-12-24(28-30)31(25(32)23-16-27-18-33-23)22-10-13-29(14-11-22)17-19-4-2-1-3-5-19/h1-9,12,15-16,18,22,24,28H,10-11,13-14,17H2. The van der Waals surface area contributed by atoms with E-state index < -0.39 is 0 Å². The molecule has 7 nitrogen and oxygen atoms in total. The van der Waals surface area contributed by atoms with Crippen molar-refractivity contribution in [3.8, 4) is 0 Å². The second-order valence-electron chi connectivity index (χ2n) is 8.33. The summed E-state index contributed by atoms with van der Waals surface area (Å²) in [6.45, 7) is 2.71. The van der Waals surface area contributed by atoms with Crippen molar-refractivity contribution in [1.29, 1.82) is 0 Å². The summed E-state index contributed by atoms with van der Waals surface area (Å²) < 4.78 is 18.7. The number of nitrogens with one attached hydrogen (secondary N) is 1. The number of carbonyl (C=O) groups excluding carboxylic acids is 1. The van der Waals surface area contributed by atoms with Gasteiger partial charge in [-0.15, -0.1) is 0 Å². The molecule has 1 unspecified atom stereocenters. The van der Waals surface area contributed by atoms with Crippen molar-refractivity contribution in [2.24, 2.45) is 0 Å². The smallest absolute Gasteiger partial charge is 0.293 e. The number of hydrogen-bond acceptors (Lipinski definition) is 6. The van der Waals surface area contributed by atoms with E-state index >= 15 is 0 Å². The number of hydrazine groups is 1. The maximum atomic E-state index is 13.4. The SMILES string of the molecule is O=C(c1cnco1)N(C1CCN(Cc2ccccc2)CC1)C1C=CN(c2ccc(F)cc2)N1. The minimum absolute atomic E-state index is 0.0462. The van der Waals surface area contributed by atoms with Crippen LogP contribution in [0.2, 0.25) is 0 Å². The van der Waals surface area contributed by atoms with Crippen molar-refractivity contribution in [2.45, 2.75) is 31.6 Å². The number of hydrogen-bond donors (Lipinski definition) is 1. The molecular weight excluding hydrogens is 421 g/mol. The highest BCUT2D eigenvalue weighted by atomic mass is 19.1. The molecule has 1 saturated heterocycles. The summed E-state index contributed by atoms with van der Waals surface area (Å²) in [6, 6.07) is 16.7. The summed E-state index contributed by atoms with van der Waals surface area (Å²) in [4.78, 5) is 21.6. The Morgan fingerprint density at radius 3 is 2.58 bits per heavy atom. The van der Waals surface area contributed by atoms with Gasteiger partial charge in [0.05, 0.1) is 11.9 Å². The van der Waals surface area contributed by atoms with Gasteiger partial charge in [0.2, 0.25) is 5.76 Å². The Morgan fingerprint density at radius 1 is 1.12 bits per heavy atom. The van der Waals surface area contributed by atoms with Gasteiger partial charge in [-0.1, -0.05) is 30.3 Å². The van der Waals surface area contributed by atoms with Crippen molar-refractivity contribution in [2.75, 3.05) is 18.1 Å².